The van der Waals surface area contributed by atoms with Gasteiger partial charge in [-0.05, 0) is 38.4 Å². The highest BCUT2D eigenvalue weighted by atomic mass is 28.4. The number of nitrogens with two attached hydrogens (primary N) is 1. The Kier molecular flexibility index (Phi) is 4.60. The monoisotopic (exact) mass is 231 g/mol. The van der Waals surface area contributed by atoms with Crippen LogP contribution in [0.4, 0.5) is 0 Å². The van der Waals surface area contributed by atoms with E-state index in [0.29, 0.717) is 0 Å². The predicted octanol–water partition coefficient (Wildman–Crippen LogP) is 3.52. The molecule has 0 aliphatic heterocycles. The minimum Gasteiger partial charge on any atom is -0.412 e. The lowest BCUT2D eigenvalue weighted by atomic mass is 9.97. The molecule has 0 aromatic carbocycles. The standard InChI is InChI=1S/C12H29NOSi/c1-9-10(12(5,6)13)14-15(7,8)11(2,3)4/h10H,9,13H2,1-8H3. The third-order valence-electron chi connectivity index (χ3n) is 3.44. The average Bonchev–Trinajstić information content (AvgIpc) is 1.95. The van der Waals surface area contributed by atoms with Gasteiger partial charge in [0.05, 0.1) is 6.10 Å². The van der Waals surface area contributed by atoms with Gasteiger partial charge in [0.15, 0.2) is 8.32 Å². The molecule has 0 aliphatic carbocycles. The fourth-order valence-corrected chi connectivity index (χ4v) is 2.83. The molecule has 2 nitrogen and oxygen atoms in total. The quantitative estimate of drug-likeness (QED) is 0.751. The van der Waals surface area contributed by atoms with Crippen LogP contribution >= 0.6 is 0 Å². The first-order valence-corrected chi connectivity index (χ1v) is 8.79. The molecule has 0 saturated carbocycles. The van der Waals surface area contributed by atoms with Crippen LogP contribution in [0.25, 0.3) is 0 Å². The van der Waals surface area contributed by atoms with Gasteiger partial charge in [0, 0.05) is 5.54 Å². The fraction of sp³-hybridized carbons (Fsp3) is 1.00. The topological polar surface area (TPSA) is 35.2 Å². The van der Waals surface area contributed by atoms with E-state index < -0.39 is 8.32 Å². The van der Waals surface area contributed by atoms with Crippen molar-refractivity contribution in [2.75, 3.05) is 0 Å². The van der Waals surface area contributed by atoms with Crippen molar-refractivity contribution in [3.05, 3.63) is 0 Å². The van der Waals surface area contributed by atoms with Crippen molar-refractivity contribution in [1.82, 2.24) is 0 Å². The molecule has 0 radical (unpaired) electrons. The Bertz CT molecular complexity index is 201. The maximum absolute atomic E-state index is 6.33. The molecular weight excluding hydrogens is 202 g/mol. The second-order valence-electron chi connectivity index (χ2n) is 6.60. The van der Waals surface area contributed by atoms with E-state index in [0.717, 1.165) is 6.42 Å². The molecule has 0 bridgehead atoms. The van der Waals surface area contributed by atoms with Gasteiger partial charge in [-0.25, -0.2) is 0 Å². The van der Waals surface area contributed by atoms with Gasteiger partial charge in [0.2, 0.25) is 0 Å². The second kappa shape index (κ2) is 4.56. The first-order chi connectivity index (χ1) is 6.42. The number of hydrogen-bond acceptors (Lipinski definition) is 2. The van der Waals surface area contributed by atoms with E-state index in [2.05, 4.69) is 40.8 Å². The summed E-state index contributed by atoms with van der Waals surface area (Å²) in [6, 6.07) is 0. The van der Waals surface area contributed by atoms with Crippen molar-refractivity contribution >= 4 is 8.32 Å². The zero-order valence-corrected chi connectivity index (χ0v) is 12.8. The summed E-state index contributed by atoms with van der Waals surface area (Å²) in [5.41, 5.74) is 5.89. The molecule has 0 aromatic rings. The SMILES string of the molecule is CCC(O[Si](C)(C)C(C)(C)C)C(C)(C)N. The highest BCUT2D eigenvalue weighted by molar-refractivity contribution is 6.74. The molecule has 0 aromatic heterocycles. The number of hydrogen-bond donors (Lipinski definition) is 1. The summed E-state index contributed by atoms with van der Waals surface area (Å²) in [4.78, 5) is 0. The van der Waals surface area contributed by atoms with Gasteiger partial charge in [-0.3, -0.25) is 0 Å². The Morgan fingerprint density at radius 3 is 1.73 bits per heavy atom. The molecule has 0 spiro atoms. The summed E-state index contributed by atoms with van der Waals surface area (Å²) in [5, 5.41) is 0.256. The molecule has 0 fully saturated rings. The average molecular weight is 231 g/mol. The summed E-state index contributed by atoms with van der Waals surface area (Å²) in [6.45, 7) is 17.6. The third kappa shape index (κ3) is 4.25. The Morgan fingerprint density at radius 1 is 1.13 bits per heavy atom. The van der Waals surface area contributed by atoms with Crippen LogP contribution in [0.2, 0.25) is 18.1 Å². The molecule has 92 valence electrons. The van der Waals surface area contributed by atoms with Crippen LogP contribution in [0.3, 0.4) is 0 Å². The summed E-state index contributed by atoms with van der Waals surface area (Å²) in [6.07, 6.45) is 1.15. The van der Waals surface area contributed by atoms with E-state index >= 15 is 0 Å². The normalized spacial score (nSPS) is 16.6. The molecule has 1 unspecified atom stereocenters. The summed E-state index contributed by atoms with van der Waals surface area (Å²) in [7, 11) is -1.68. The summed E-state index contributed by atoms with van der Waals surface area (Å²) < 4.78 is 6.33. The van der Waals surface area contributed by atoms with Gasteiger partial charge < -0.3 is 10.2 Å². The lowest BCUT2D eigenvalue weighted by molar-refractivity contribution is 0.109. The van der Waals surface area contributed by atoms with Crippen LogP contribution in [0, 0.1) is 0 Å². The molecule has 15 heavy (non-hydrogen) atoms. The number of rotatable bonds is 4. The second-order valence-corrected chi connectivity index (χ2v) is 11.4. The minimum atomic E-state index is -1.68. The van der Waals surface area contributed by atoms with Gasteiger partial charge in [0.25, 0.3) is 0 Å². The molecule has 0 aliphatic rings. The molecule has 0 amide bonds. The van der Waals surface area contributed by atoms with Crippen LogP contribution in [-0.2, 0) is 4.43 Å². The molecule has 0 saturated heterocycles. The smallest absolute Gasteiger partial charge is 0.192 e. The molecule has 0 heterocycles. The lowest BCUT2D eigenvalue weighted by Crippen LogP contribution is -2.53. The van der Waals surface area contributed by atoms with Crippen molar-refractivity contribution in [2.45, 2.75) is 77.7 Å². The van der Waals surface area contributed by atoms with E-state index in [4.69, 9.17) is 10.2 Å². The highest BCUT2D eigenvalue weighted by Gasteiger charge is 2.41. The van der Waals surface area contributed by atoms with Gasteiger partial charge in [-0.2, -0.15) is 0 Å². The van der Waals surface area contributed by atoms with Gasteiger partial charge in [-0.15, -0.1) is 0 Å². The third-order valence-corrected chi connectivity index (χ3v) is 7.93. The van der Waals surface area contributed by atoms with Crippen LogP contribution in [-0.4, -0.2) is 20.0 Å². The molecule has 0 rings (SSSR count). The van der Waals surface area contributed by atoms with Crippen molar-refractivity contribution in [3.8, 4) is 0 Å². The van der Waals surface area contributed by atoms with Crippen molar-refractivity contribution in [3.63, 3.8) is 0 Å². The van der Waals surface area contributed by atoms with E-state index in [1.165, 1.54) is 0 Å². The van der Waals surface area contributed by atoms with E-state index in [1.54, 1.807) is 0 Å². The Balaban J connectivity index is 4.70. The van der Waals surface area contributed by atoms with E-state index in [1.807, 2.05) is 13.8 Å². The first-order valence-electron chi connectivity index (χ1n) is 5.88. The Hall–Kier alpha value is 0.137. The summed E-state index contributed by atoms with van der Waals surface area (Å²) >= 11 is 0. The van der Waals surface area contributed by atoms with E-state index in [-0.39, 0.29) is 16.7 Å². The van der Waals surface area contributed by atoms with Crippen molar-refractivity contribution < 1.29 is 4.43 Å². The lowest BCUT2D eigenvalue weighted by Gasteiger charge is -2.42. The Morgan fingerprint density at radius 2 is 1.53 bits per heavy atom. The van der Waals surface area contributed by atoms with E-state index in [9.17, 15) is 0 Å². The van der Waals surface area contributed by atoms with Crippen molar-refractivity contribution in [1.29, 1.82) is 0 Å². The van der Waals surface area contributed by atoms with Crippen LogP contribution in [0.5, 0.6) is 0 Å². The largest absolute Gasteiger partial charge is 0.412 e. The van der Waals surface area contributed by atoms with Crippen LogP contribution in [0.1, 0.15) is 48.0 Å². The molecular formula is C12H29NOSi. The molecule has 1 atom stereocenters. The van der Waals surface area contributed by atoms with Gasteiger partial charge >= 0.3 is 0 Å². The van der Waals surface area contributed by atoms with Gasteiger partial charge in [0.1, 0.15) is 0 Å². The predicted molar refractivity (Wildman–Crippen MR) is 70.6 cm³/mol. The van der Waals surface area contributed by atoms with Gasteiger partial charge in [-0.1, -0.05) is 27.7 Å². The zero-order chi connectivity index (χ0) is 12.5. The minimum absolute atomic E-state index is 0.165. The molecule has 2 N–H and O–H groups in total. The zero-order valence-electron chi connectivity index (χ0n) is 11.8. The first kappa shape index (κ1) is 15.1. The fourth-order valence-electron chi connectivity index (χ4n) is 1.29. The van der Waals surface area contributed by atoms with Crippen molar-refractivity contribution in [2.24, 2.45) is 5.73 Å². The summed E-state index contributed by atoms with van der Waals surface area (Å²) in [5.74, 6) is 0. The van der Waals surface area contributed by atoms with Crippen LogP contribution < -0.4 is 5.73 Å². The Labute approximate surface area is 96.7 Å². The highest BCUT2D eigenvalue weighted by Crippen LogP contribution is 2.38. The maximum atomic E-state index is 6.33. The molecule has 3 heteroatoms. The maximum Gasteiger partial charge on any atom is 0.192 e. The van der Waals surface area contributed by atoms with Crippen LogP contribution in [0.15, 0.2) is 0 Å².